The number of rotatable bonds is 6. The Morgan fingerprint density at radius 1 is 0.885 bits per heavy atom. The molecule has 0 aliphatic rings. The number of nitrogens with one attached hydrogen (secondary N) is 3. The molecule has 2 rings (SSSR count). The summed E-state index contributed by atoms with van der Waals surface area (Å²) in [4.78, 5) is 35.1. The highest BCUT2D eigenvalue weighted by Crippen LogP contribution is 2.13. The zero-order valence-electron chi connectivity index (χ0n) is 14.7. The van der Waals surface area contributed by atoms with Crippen LogP contribution in [0.3, 0.4) is 0 Å². The SMILES string of the molecule is CC(=O)Nc1ccc(NC(=O)C(C)NC(=O)/C=C/c2ccccc2)cc1. The summed E-state index contributed by atoms with van der Waals surface area (Å²) in [5.41, 5.74) is 2.12. The van der Waals surface area contributed by atoms with Crippen molar-refractivity contribution < 1.29 is 14.4 Å². The molecule has 0 saturated heterocycles. The fourth-order valence-electron chi connectivity index (χ4n) is 2.15. The van der Waals surface area contributed by atoms with Gasteiger partial charge in [-0.1, -0.05) is 30.3 Å². The molecule has 0 spiro atoms. The van der Waals surface area contributed by atoms with Crippen molar-refractivity contribution in [3.63, 3.8) is 0 Å². The van der Waals surface area contributed by atoms with Crippen LogP contribution in [0.25, 0.3) is 6.08 Å². The van der Waals surface area contributed by atoms with Crippen molar-refractivity contribution >= 4 is 35.2 Å². The molecule has 0 heterocycles. The van der Waals surface area contributed by atoms with Gasteiger partial charge in [0.15, 0.2) is 0 Å². The molecule has 1 unspecified atom stereocenters. The Labute approximate surface area is 152 Å². The Kier molecular flexibility index (Phi) is 6.68. The second-order valence-corrected chi connectivity index (χ2v) is 5.72. The summed E-state index contributed by atoms with van der Waals surface area (Å²) in [5.74, 6) is -0.849. The van der Waals surface area contributed by atoms with E-state index < -0.39 is 6.04 Å². The monoisotopic (exact) mass is 351 g/mol. The summed E-state index contributed by atoms with van der Waals surface area (Å²) in [6.07, 6.45) is 3.07. The van der Waals surface area contributed by atoms with E-state index in [4.69, 9.17) is 0 Å². The van der Waals surface area contributed by atoms with Crippen LogP contribution in [0, 0.1) is 0 Å². The minimum absolute atomic E-state index is 0.165. The molecule has 3 amide bonds. The standard InChI is InChI=1S/C20H21N3O3/c1-14(21-19(25)13-8-16-6-4-3-5-7-16)20(26)23-18-11-9-17(10-12-18)22-15(2)24/h3-14H,1-2H3,(H,21,25)(H,22,24)(H,23,26)/b13-8+. The van der Waals surface area contributed by atoms with E-state index in [1.165, 1.54) is 13.0 Å². The van der Waals surface area contributed by atoms with Gasteiger partial charge in [-0.05, 0) is 42.8 Å². The van der Waals surface area contributed by atoms with E-state index in [2.05, 4.69) is 16.0 Å². The Morgan fingerprint density at radius 3 is 2.04 bits per heavy atom. The first-order valence-electron chi connectivity index (χ1n) is 8.16. The molecule has 6 nitrogen and oxygen atoms in total. The Balaban J connectivity index is 1.85. The molecule has 0 saturated carbocycles. The van der Waals surface area contributed by atoms with Crippen LogP contribution in [0.5, 0.6) is 0 Å². The number of carbonyl (C=O) groups is 3. The van der Waals surface area contributed by atoms with E-state index in [1.54, 1.807) is 37.3 Å². The quantitative estimate of drug-likeness (QED) is 0.699. The van der Waals surface area contributed by atoms with E-state index in [0.717, 1.165) is 5.56 Å². The Hall–Kier alpha value is -3.41. The largest absolute Gasteiger partial charge is 0.341 e. The van der Waals surface area contributed by atoms with Crippen molar-refractivity contribution in [2.75, 3.05) is 10.6 Å². The van der Waals surface area contributed by atoms with Gasteiger partial charge in [0.1, 0.15) is 6.04 Å². The molecule has 0 aromatic heterocycles. The molecule has 134 valence electrons. The summed E-state index contributed by atoms with van der Waals surface area (Å²) in [5, 5.41) is 7.97. The van der Waals surface area contributed by atoms with Gasteiger partial charge >= 0.3 is 0 Å². The van der Waals surface area contributed by atoms with Gasteiger partial charge in [0.2, 0.25) is 17.7 Å². The van der Waals surface area contributed by atoms with Gasteiger partial charge in [-0.3, -0.25) is 14.4 Å². The summed E-state index contributed by atoms with van der Waals surface area (Å²) in [7, 11) is 0. The molecule has 0 aliphatic heterocycles. The molecule has 0 fully saturated rings. The maximum absolute atomic E-state index is 12.2. The van der Waals surface area contributed by atoms with Crippen molar-refractivity contribution in [2.24, 2.45) is 0 Å². The smallest absolute Gasteiger partial charge is 0.246 e. The normalized spacial score (nSPS) is 11.6. The number of anilines is 2. The number of hydrogen-bond donors (Lipinski definition) is 3. The molecule has 6 heteroatoms. The second-order valence-electron chi connectivity index (χ2n) is 5.72. The van der Waals surface area contributed by atoms with Crippen LogP contribution in [-0.2, 0) is 14.4 Å². The third-order valence-electron chi connectivity index (χ3n) is 3.45. The van der Waals surface area contributed by atoms with E-state index in [-0.39, 0.29) is 17.7 Å². The number of carbonyl (C=O) groups excluding carboxylic acids is 3. The first-order chi connectivity index (χ1) is 12.4. The third kappa shape index (κ3) is 6.24. The first kappa shape index (κ1) is 18.9. The van der Waals surface area contributed by atoms with Gasteiger partial charge in [-0.2, -0.15) is 0 Å². The highest BCUT2D eigenvalue weighted by molar-refractivity contribution is 6.00. The van der Waals surface area contributed by atoms with E-state index >= 15 is 0 Å². The van der Waals surface area contributed by atoms with Crippen LogP contribution in [-0.4, -0.2) is 23.8 Å². The minimum atomic E-state index is -0.696. The van der Waals surface area contributed by atoms with Gasteiger partial charge in [0.05, 0.1) is 0 Å². The third-order valence-corrected chi connectivity index (χ3v) is 3.45. The summed E-state index contributed by atoms with van der Waals surface area (Å²) < 4.78 is 0. The molecular formula is C20H21N3O3. The molecule has 0 radical (unpaired) electrons. The lowest BCUT2D eigenvalue weighted by molar-refractivity contribution is -0.123. The molecule has 1 atom stereocenters. The van der Waals surface area contributed by atoms with Crippen molar-refractivity contribution in [2.45, 2.75) is 19.9 Å². The lowest BCUT2D eigenvalue weighted by atomic mass is 10.2. The van der Waals surface area contributed by atoms with Crippen molar-refractivity contribution in [3.8, 4) is 0 Å². The zero-order valence-corrected chi connectivity index (χ0v) is 14.7. The highest BCUT2D eigenvalue weighted by atomic mass is 16.2. The van der Waals surface area contributed by atoms with Crippen LogP contribution >= 0.6 is 0 Å². The topological polar surface area (TPSA) is 87.3 Å². The number of benzene rings is 2. The predicted molar refractivity (Wildman–Crippen MR) is 102 cm³/mol. The van der Waals surface area contributed by atoms with Gasteiger partial charge < -0.3 is 16.0 Å². The van der Waals surface area contributed by atoms with Crippen LogP contribution in [0.2, 0.25) is 0 Å². The van der Waals surface area contributed by atoms with Crippen LogP contribution < -0.4 is 16.0 Å². The average Bonchev–Trinajstić information content (AvgIpc) is 2.62. The Bertz CT molecular complexity index is 799. The predicted octanol–water partition coefficient (Wildman–Crippen LogP) is 2.80. The minimum Gasteiger partial charge on any atom is -0.341 e. The number of hydrogen-bond acceptors (Lipinski definition) is 3. The van der Waals surface area contributed by atoms with Gasteiger partial charge in [-0.15, -0.1) is 0 Å². The van der Waals surface area contributed by atoms with Gasteiger partial charge in [0.25, 0.3) is 0 Å². The van der Waals surface area contributed by atoms with Gasteiger partial charge in [-0.25, -0.2) is 0 Å². The summed E-state index contributed by atoms with van der Waals surface area (Å²) >= 11 is 0. The molecule has 26 heavy (non-hydrogen) atoms. The number of amides is 3. The highest BCUT2D eigenvalue weighted by Gasteiger charge is 2.14. The van der Waals surface area contributed by atoms with Crippen LogP contribution in [0.1, 0.15) is 19.4 Å². The molecule has 3 N–H and O–H groups in total. The fourth-order valence-corrected chi connectivity index (χ4v) is 2.15. The molecule has 2 aromatic rings. The van der Waals surface area contributed by atoms with Crippen molar-refractivity contribution in [1.82, 2.24) is 5.32 Å². The summed E-state index contributed by atoms with van der Waals surface area (Å²) in [6, 6.07) is 15.4. The van der Waals surface area contributed by atoms with E-state index in [9.17, 15) is 14.4 Å². The lowest BCUT2D eigenvalue weighted by Gasteiger charge is -2.13. The van der Waals surface area contributed by atoms with E-state index in [1.807, 2.05) is 30.3 Å². The Morgan fingerprint density at radius 2 is 1.46 bits per heavy atom. The zero-order chi connectivity index (χ0) is 18.9. The van der Waals surface area contributed by atoms with Crippen LogP contribution in [0.4, 0.5) is 11.4 Å². The fraction of sp³-hybridized carbons (Fsp3) is 0.150. The average molecular weight is 351 g/mol. The summed E-state index contributed by atoms with van der Waals surface area (Å²) in [6.45, 7) is 3.03. The van der Waals surface area contributed by atoms with E-state index in [0.29, 0.717) is 11.4 Å². The van der Waals surface area contributed by atoms with Gasteiger partial charge in [0, 0.05) is 24.4 Å². The first-order valence-corrected chi connectivity index (χ1v) is 8.16. The maximum Gasteiger partial charge on any atom is 0.246 e. The second kappa shape index (κ2) is 9.17. The molecule has 0 bridgehead atoms. The maximum atomic E-state index is 12.2. The molecule has 2 aromatic carbocycles. The van der Waals surface area contributed by atoms with Crippen molar-refractivity contribution in [3.05, 3.63) is 66.2 Å². The van der Waals surface area contributed by atoms with Crippen LogP contribution in [0.15, 0.2) is 60.7 Å². The van der Waals surface area contributed by atoms with Crippen molar-refractivity contribution in [1.29, 1.82) is 0 Å². The molecular weight excluding hydrogens is 330 g/mol. The molecule has 0 aliphatic carbocycles. The lowest BCUT2D eigenvalue weighted by Crippen LogP contribution is -2.40.